The molecule has 1 aromatic heterocycles. The number of H-pyrrole nitrogens is 1. The first kappa shape index (κ1) is 19.4. The Labute approximate surface area is 182 Å². The van der Waals surface area contributed by atoms with Crippen LogP contribution < -0.4 is 5.32 Å². The number of anilines is 1. The van der Waals surface area contributed by atoms with Crippen molar-refractivity contribution in [2.45, 2.75) is 32.7 Å². The van der Waals surface area contributed by atoms with Crippen LogP contribution in [0.1, 0.15) is 40.9 Å². The van der Waals surface area contributed by atoms with Gasteiger partial charge in [0, 0.05) is 28.8 Å². The summed E-state index contributed by atoms with van der Waals surface area (Å²) in [4.78, 5) is 19.1. The Morgan fingerprint density at radius 2 is 1.77 bits per heavy atom. The molecule has 31 heavy (non-hydrogen) atoms. The normalized spacial score (nSPS) is 15.7. The first-order chi connectivity index (χ1) is 15.2. The number of nitrogens with zero attached hydrogens (tertiary/aromatic N) is 1. The number of hydrogen-bond acceptors (Lipinski definition) is 1. The van der Waals surface area contributed by atoms with Crippen molar-refractivity contribution in [2.75, 3.05) is 11.9 Å². The molecule has 1 atom stereocenters. The number of carbonyl (C=O) groups is 1. The van der Waals surface area contributed by atoms with E-state index in [2.05, 4.69) is 78.7 Å². The topological polar surface area (TPSA) is 48.1 Å². The summed E-state index contributed by atoms with van der Waals surface area (Å²) in [6, 6.07) is 24.8. The summed E-state index contributed by atoms with van der Waals surface area (Å²) < 4.78 is 0. The highest BCUT2D eigenvalue weighted by Gasteiger charge is 2.34. The fourth-order valence-electron chi connectivity index (χ4n) is 4.69. The molecule has 2 N–H and O–H groups in total. The zero-order valence-electron chi connectivity index (χ0n) is 18.0. The molecule has 4 nitrogen and oxygen atoms in total. The molecule has 5 rings (SSSR count). The Morgan fingerprint density at radius 3 is 2.58 bits per heavy atom. The smallest absolute Gasteiger partial charge is 0.322 e. The molecular formula is C27H27N3O. The van der Waals surface area contributed by atoms with Gasteiger partial charge in [-0.1, -0.05) is 73.2 Å². The van der Waals surface area contributed by atoms with Gasteiger partial charge >= 0.3 is 6.03 Å². The summed E-state index contributed by atoms with van der Waals surface area (Å²) in [7, 11) is 0. The maximum absolute atomic E-state index is 13.5. The van der Waals surface area contributed by atoms with Crippen molar-refractivity contribution in [1.82, 2.24) is 9.88 Å². The molecule has 0 aliphatic carbocycles. The largest absolute Gasteiger partial charge is 0.356 e. The zero-order chi connectivity index (χ0) is 21.4. The third-order valence-electron chi connectivity index (χ3n) is 6.33. The molecular weight excluding hydrogens is 382 g/mol. The SMILES string of the molecule is CCc1ccccc1NC(=O)N1CCc2c([nH]c3ccccc23)[C@H]1c1ccc(C)cc1. The highest BCUT2D eigenvalue weighted by Crippen LogP contribution is 2.38. The minimum Gasteiger partial charge on any atom is -0.356 e. The van der Waals surface area contributed by atoms with Crippen molar-refractivity contribution >= 4 is 22.6 Å². The van der Waals surface area contributed by atoms with Gasteiger partial charge < -0.3 is 15.2 Å². The van der Waals surface area contributed by atoms with Crippen LogP contribution in [0.5, 0.6) is 0 Å². The molecule has 0 saturated carbocycles. The number of rotatable bonds is 3. The Kier molecular flexibility index (Phi) is 4.99. The van der Waals surface area contributed by atoms with E-state index >= 15 is 0 Å². The van der Waals surface area contributed by atoms with Crippen LogP contribution in [-0.4, -0.2) is 22.5 Å². The van der Waals surface area contributed by atoms with Crippen LogP contribution in [0.15, 0.2) is 72.8 Å². The first-order valence-electron chi connectivity index (χ1n) is 11.0. The fraction of sp³-hybridized carbons (Fsp3) is 0.222. The van der Waals surface area contributed by atoms with Crippen LogP contribution in [0.25, 0.3) is 10.9 Å². The summed E-state index contributed by atoms with van der Waals surface area (Å²) >= 11 is 0. The number of hydrogen-bond donors (Lipinski definition) is 2. The van der Waals surface area contributed by atoms with Gasteiger partial charge in [-0.05, 0) is 48.6 Å². The monoisotopic (exact) mass is 409 g/mol. The number of aryl methyl sites for hydroxylation is 2. The molecule has 4 aromatic rings. The van der Waals surface area contributed by atoms with E-state index in [0.717, 1.165) is 40.9 Å². The van der Waals surface area contributed by atoms with E-state index in [4.69, 9.17) is 0 Å². The fourth-order valence-corrected chi connectivity index (χ4v) is 4.69. The van der Waals surface area contributed by atoms with Gasteiger partial charge in [-0.3, -0.25) is 0 Å². The van der Waals surface area contributed by atoms with Gasteiger partial charge in [0.1, 0.15) is 0 Å². The summed E-state index contributed by atoms with van der Waals surface area (Å²) in [6.45, 7) is 4.87. The predicted octanol–water partition coefficient (Wildman–Crippen LogP) is 6.22. The van der Waals surface area contributed by atoms with E-state index < -0.39 is 0 Å². The van der Waals surface area contributed by atoms with Gasteiger partial charge in [0.05, 0.1) is 6.04 Å². The van der Waals surface area contributed by atoms with Crippen LogP contribution in [0.3, 0.4) is 0 Å². The van der Waals surface area contributed by atoms with Crippen molar-refractivity contribution in [3.8, 4) is 0 Å². The van der Waals surface area contributed by atoms with Crippen LogP contribution in [0.2, 0.25) is 0 Å². The van der Waals surface area contributed by atoms with Gasteiger partial charge in [-0.25, -0.2) is 4.79 Å². The average molecular weight is 410 g/mol. The second-order valence-corrected chi connectivity index (χ2v) is 8.26. The molecule has 1 aliphatic rings. The predicted molar refractivity (Wildman–Crippen MR) is 127 cm³/mol. The number of amides is 2. The highest BCUT2D eigenvalue weighted by molar-refractivity contribution is 5.92. The minimum absolute atomic E-state index is 0.0595. The van der Waals surface area contributed by atoms with Crippen molar-refractivity contribution in [1.29, 1.82) is 0 Å². The molecule has 0 bridgehead atoms. The van der Waals surface area contributed by atoms with Crippen molar-refractivity contribution in [3.05, 3.63) is 101 Å². The van der Waals surface area contributed by atoms with Gasteiger partial charge in [0.2, 0.25) is 0 Å². The van der Waals surface area contributed by atoms with Crippen molar-refractivity contribution in [2.24, 2.45) is 0 Å². The molecule has 0 radical (unpaired) electrons. The number of benzene rings is 3. The summed E-state index contributed by atoms with van der Waals surface area (Å²) in [5.41, 5.74) is 7.94. The van der Waals surface area contributed by atoms with Gasteiger partial charge in [0.25, 0.3) is 0 Å². The van der Waals surface area contributed by atoms with E-state index in [0.29, 0.717) is 6.54 Å². The van der Waals surface area contributed by atoms with Gasteiger partial charge in [-0.2, -0.15) is 0 Å². The van der Waals surface area contributed by atoms with Gasteiger partial charge in [-0.15, -0.1) is 0 Å². The average Bonchev–Trinajstić information content (AvgIpc) is 3.18. The Hall–Kier alpha value is -3.53. The van der Waals surface area contributed by atoms with E-state index in [-0.39, 0.29) is 12.1 Å². The van der Waals surface area contributed by atoms with Gasteiger partial charge in [0.15, 0.2) is 0 Å². The maximum Gasteiger partial charge on any atom is 0.322 e. The third kappa shape index (κ3) is 3.48. The molecule has 0 unspecified atom stereocenters. The molecule has 156 valence electrons. The number of aromatic amines is 1. The second-order valence-electron chi connectivity index (χ2n) is 8.26. The summed E-state index contributed by atoms with van der Waals surface area (Å²) in [6.07, 6.45) is 1.72. The van der Waals surface area contributed by atoms with Crippen LogP contribution in [0.4, 0.5) is 10.5 Å². The number of carbonyl (C=O) groups excluding carboxylic acids is 1. The molecule has 0 fully saturated rings. The summed E-state index contributed by atoms with van der Waals surface area (Å²) in [5, 5.41) is 4.44. The lowest BCUT2D eigenvalue weighted by Gasteiger charge is -2.36. The van der Waals surface area contributed by atoms with Crippen molar-refractivity contribution < 1.29 is 4.79 Å². The molecule has 0 spiro atoms. The molecule has 2 amide bonds. The lowest BCUT2D eigenvalue weighted by Crippen LogP contribution is -2.43. The highest BCUT2D eigenvalue weighted by atomic mass is 16.2. The number of urea groups is 1. The molecule has 4 heteroatoms. The number of fused-ring (bicyclic) bond motifs is 3. The third-order valence-corrected chi connectivity index (χ3v) is 6.33. The maximum atomic E-state index is 13.5. The van der Waals surface area contributed by atoms with E-state index in [1.807, 2.05) is 23.1 Å². The Bertz CT molecular complexity index is 1240. The van der Waals surface area contributed by atoms with E-state index in [1.165, 1.54) is 16.5 Å². The van der Waals surface area contributed by atoms with E-state index in [1.54, 1.807) is 0 Å². The standard InChI is InChI=1S/C27H27N3O/c1-3-19-8-4-6-10-23(19)29-27(31)30-17-16-22-21-9-5-7-11-24(21)28-25(22)26(30)20-14-12-18(2)13-15-20/h4-15,26,28H,3,16-17H2,1-2H3,(H,29,31)/t26-/m1/s1. The van der Waals surface area contributed by atoms with Crippen LogP contribution in [0, 0.1) is 6.92 Å². The quantitative estimate of drug-likeness (QED) is 0.415. The van der Waals surface area contributed by atoms with E-state index in [9.17, 15) is 4.79 Å². The lowest BCUT2D eigenvalue weighted by molar-refractivity contribution is 0.193. The Morgan fingerprint density at radius 1 is 1.03 bits per heavy atom. The molecule has 2 heterocycles. The summed E-state index contributed by atoms with van der Waals surface area (Å²) in [5.74, 6) is 0. The Balaban J connectivity index is 1.57. The molecule has 0 saturated heterocycles. The molecule has 3 aromatic carbocycles. The number of para-hydroxylation sites is 2. The number of aromatic nitrogens is 1. The zero-order valence-corrected chi connectivity index (χ0v) is 18.0. The second kappa shape index (κ2) is 7.95. The van der Waals surface area contributed by atoms with Crippen molar-refractivity contribution in [3.63, 3.8) is 0 Å². The first-order valence-corrected chi connectivity index (χ1v) is 11.0. The lowest BCUT2D eigenvalue weighted by atomic mass is 9.92. The van der Waals surface area contributed by atoms with Crippen LogP contribution in [-0.2, 0) is 12.8 Å². The van der Waals surface area contributed by atoms with Crippen LogP contribution >= 0.6 is 0 Å². The number of nitrogens with one attached hydrogen (secondary N) is 2. The molecule has 1 aliphatic heterocycles. The minimum atomic E-state index is -0.148.